The van der Waals surface area contributed by atoms with E-state index in [9.17, 15) is 0 Å². The van der Waals surface area contributed by atoms with E-state index in [-0.39, 0.29) is 5.95 Å². The van der Waals surface area contributed by atoms with E-state index in [0.29, 0.717) is 11.2 Å². The Bertz CT molecular complexity index is 883. The number of aromatic nitrogens is 3. The minimum Gasteiger partial charge on any atom is -0.384 e. The van der Waals surface area contributed by atoms with E-state index in [4.69, 9.17) is 11.5 Å². The molecule has 3 rings (SSSR count). The van der Waals surface area contributed by atoms with Gasteiger partial charge in [0, 0.05) is 11.8 Å². The number of rotatable bonds is 1. The van der Waals surface area contributed by atoms with Crippen LogP contribution in [0.2, 0.25) is 0 Å². The maximum absolute atomic E-state index is 5.89. The second kappa shape index (κ2) is 6.56. The summed E-state index contributed by atoms with van der Waals surface area (Å²) in [7, 11) is 0. The zero-order valence-corrected chi connectivity index (χ0v) is 14.9. The molecule has 0 spiro atoms. The number of nitrogens with zero attached hydrogens (tertiary/aromatic N) is 3. The molecule has 1 aliphatic rings. The maximum Gasteiger partial charge on any atom is 0.220 e. The van der Waals surface area contributed by atoms with Crippen LogP contribution in [0, 0.1) is 24.2 Å². The second-order valence-corrected chi connectivity index (χ2v) is 7.21. The molecule has 2 aromatic heterocycles. The Morgan fingerprint density at radius 3 is 2.56 bits per heavy atom. The van der Waals surface area contributed by atoms with Gasteiger partial charge in [-0.25, -0.2) is 15.0 Å². The molecule has 0 fully saturated rings. The van der Waals surface area contributed by atoms with Crippen LogP contribution >= 0.6 is 0 Å². The molecule has 0 radical (unpaired) electrons. The number of nitrogen functional groups attached to an aromatic ring is 2. The fourth-order valence-electron chi connectivity index (χ4n) is 2.88. The molecule has 0 aliphatic heterocycles. The molecule has 1 aliphatic carbocycles. The molecule has 4 N–H and O–H groups in total. The van der Waals surface area contributed by atoms with E-state index < -0.39 is 0 Å². The average Bonchev–Trinajstić information content (AvgIpc) is 2.55. The first-order valence-electron chi connectivity index (χ1n) is 8.41. The van der Waals surface area contributed by atoms with Gasteiger partial charge in [0.15, 0.2) is 0 Å². The van der Waals surface area contributed by atoms with E-state index in [1.807, 2.05) is 13.0 Å². The van der Waals surface area contributed by atoms with Crippen LogP contribution < -0.4 is 11.5 Å². The number of aryl methyl sites for hydroxylation is 1. The van der Waals surface area contributed by atoms with Crippen molar-refractivity contribution < 1.29 is 0 Å². The predicted molar refractivity (Wildman–Crippen MR) is 101 cm³/mol. The molecule has 2 aromatic rings. The molecule has 5 nitrogen and oxygen atoms in total. The number of hydrogen-bond donors (Lipinski definition) is 2. The molecule has 25 heavy (non-hydrogen) atoms. The Balaban J connectivity index is 2.02. The summed E-state index contributed by atoms with van der Waals surface area (Å²) >= 11 is 0. The van der Waals surface area contributed by atoms with Gasteiger partial charge in [-0.05, 0) is 49.3 Å². The third-order valence-corrected chi connectivity index (χ3v) is 4.50. The first kappa shape index (κ1) is 17.0. The lowest BCUT2D eigenvalue weighted by molar-refractivity contribution is 0.334. The average molecular weight is 333 g/mol. The van der Waals surface area contributed by atoms with Crippen LogP contribution in [-0.2, 0) is 0 Å². The van der Waals surface area contributed by atoms with Crippen molar-refractivity contribution >= 4 is 17.3 Å². The highest BCUT2D eigenvalue weighted by atomic mass is 15.0. The fraction of sp³-hybridized carbons (Fsp3) is 0.350. The number of nitrogens with two attached hydrogens (primary N) is 2. The molecular formula is C20H23N5. The Morgan fingerprint density at radius 2 is 1.92 bits per heavy atom. The maximum atomic E-state index is 5.89. The Hall–Kier alpha value is -2.87. The Labute approximate surface area is 148 Å². The van der Waals surface area contributed by atoms with E-state index in [1.54, 1.807) is 12.3 Å². The van der Waals surface area contributed by atoms with Gasteiger partial charge in [0.05, 0.1) is 17.0 Å². The van der Waals surface area contributed by atoms with Crippen LogP contribution in [0.5, 0.6) is 0 Å². The van der Waals surface area contributed by atoms with Gasteiger partial charge in [0.25, 0.3) is 0 Å². The highest BCUT2D eigenvalue weighted by Gasteiger charge is 2.24. The Morgan fingerprint density at radius 1 is 1.12 bits per heavy atom. The zero-order chi connectivity index (χ0) is 18.0. The van der Waals surface area contributed by atoms with Crippen LogP contribution in [0.25, 0.3) is 5.57 Å². The lowest BCUT2D eigenvalue weighted by atomic mass is 9.77. The zero-order valence-electron chi connectivity index (χ0n) is 14.9. The van der Waals surface area contributed by atoms with Crippen LogP contribution in [0.15, 0.2) is 24.4 Å². The van der Waals surface area contributed by atoms with Crippen LogP contribution in [0.1, 0.15) is 55.6 Å². The van der Waals surface area contributed by atoms with Crippen LogP contribution in [0.4, 0.5) is 11.8 Å². The van der Waals surface area contributed by atoms with Gasteiger partial charge in [0.2, 0.25) is 5.95 Å². The largest absolute Gasteiger partial charge is 0.384 e. The summed E-state index contributed by atoms with van der Waals surface area (Å²) < 4.78 is 0. The summed E-state index contributed by atoms with van der Waals surface area (Å²) in [5.74, 6) is 7.11. The normalized spacial score (nSPS) is 15.9. The quantitative estimate of drug-likeness (QED) is 0.781. The standard InChI is InChI=1S/C20H23N5/c1-13-16(6-4-14-5-7-17(21)23-12-14)18(25-19(22)24-13)15-8-10-20(2,3)11-9-15/h5,7-8,12H,9-11H2,1-3H3,(H2,21,23)(H2,22,24,25). The second-order valence-electron chi connectivity index (χ2n) is 7.21. The van der Waals surface area contributed by atoms with E-state index in [0.717, 1.165) is 41.8 Å². The number of pyridine rings is 1. The van der Waals surface area contributed by atoms with Gasteiger partial charge in [0.1, 0.15) is 5.82 Å². The van der Waals surface area contributed by atoms with Gasteiger partial charge < -0.3 is 11.5 Å². The molecule has 0 amide bonds. The highest BCUT2D eigenvalue weighted by Crippen LogP contribution is 2.38. The Kier molecular flexibility index (Phi) is 4.45. The molecule has 2 heterocycles. The van der Waals surface area contributed by atoms with E-state index in [1.165, 1.54) is 5.57 Å². The molecule has 0 unspecified atom stereocenters. The number of hydrogen-bond acceptors (Lipinski definition) is 5. The summed E-state index contributed by atoms with van der Waals surface area (Å²) in [5.41, 5.74) is 16.3. The van der Waals surface area contributed by atoms with Crippen molar-refractivity contribution in [2.45, 2.75) is 40.0 Å². The molecular weight excluding hydrogens is 310 g/mol. The van der Waals surface area contributed by atoms with Gasteiger partial charge >= 0.3 is 0 Å². The number of anilines is 2. The molecule has 0 aromatic carbocycles. The lowest BCUT2D eigenvalue weighted by Gasteiger charge is -2.28. The third-order valence-electron chi connectivity index (χ3n) is 4.50. The highest BCUT2D eigenvalue weighted by molar-refractivity contribution is 5.71. The predicted octanol–water partition coefficient (Wildman–Crippen LogP) is 3.34. The summed E-state index contributed by atoms with van der Waals surface area (Å²) in [4.78, 5) is 12.8. The summed E-state index contributed by atoms with van der Waals surface area (Å²) in [5, 5.41) is 0. The van der Waals surface area contributed by atoms with Crippen molar-refractivity contribution in [2.24, 2.45) is 5.41 Å². The van der Waals surface area contributed by atoms with Crippen molar-refractivity contribution in [1.29, 1.82) is 0 Å². The molecule has 0 saturated carbocycles. The first-order chi connectivity index (χ1) is 11.8. The molecule has 0 atom stereocenters. The van der Waals surface area contributed by atoms with Crippen molar-refractivity contribution in [1.82, 2.24) is 15.0 Å². The van der Waals surface area contributed by atoms with Crippen molar-refractivity contribution in [3.63, 3.8) is 0 Å². The molecule has 5 heteroatoms. The van der Waals surface area contributed by atoms with Crippen molar-refractivity contribution in [2.75, 3.05) is 11.5 Å². The van der Waals surface area contributed by atoms with Crippen LogP contribution in [-0.4, -0.2) is 15.0 Å². The molecule has 0 bridgehead atoms. The van der Waals surface area contributed by atoms with Crippen molar-refractivity contribution in [3.8, 4) is 11.8 Å². The minimum absolute atomic E-state index is 0.290. The van der Waals surface area contributed by atoms with Gasteiger partial charge in [-0.3, -0.25) is 0 Å². The minimum atomic E-state index is 0.290. The van der Waals surface area contributed by atoms with E-state index >= 15 is 0 Å². The van der Waals surface area contributed by atoms with Crippen molar-refractivity contribution in [3.05, 3.63) is 46.9 Å². The van der Waals surface area contributed by atoms with Gasteiger partial charge in [-0.1, -0.05) is 31.8 Å². The SMILES string of the molecule is Cc1nc(N)nc(C2=CCC(C)(C)CC2)c1C#Cc1ccc(N)nc1. The smallest absolute Gasteiger partial charge is 0.220 e. The monoisotopic (exact) mass is 333 g/mol. The van der Waals surface area contributed by atoms with Gasteiger partial charge in [-0.2, -0.15) is 0 Å². The fourth-order valence-corrected chi connectivity index (χ4v) is 2.88. The molecule has 0 saturated heterocycles. The summed E-state index contributed by atoms with van der Waals surface area (Å²) in [6, 6.07) is 3.59. The van der Waals surface area contributed by atoms with Gasteiger partial charge in [-0.15, -0.1) is 0 Å². The summed E-state index contributed by atoms with van der Waals surface area (Å²) in [6.07, 6.45) is 7.05. The lowest BCUT2D eigenvalue weighted by Crippen LogP contribution is -2.15. The van der Waals surface area contributed by atoms with Crippen LogP contribution in [0.3, 0.4) is 0 Å². The third kappa shape index (κ3) is 3.97. The summed E-state index contributed by atoms with van der Waals surface area (Å²) in [6.45, 7) is 6.49. The topological polar surface area (TPSA) is 90.7 Å². The van der Waals surface area contributed by atoms with E-state index in [2.05, 4.69) is 46.7 Å². The number of allylic oxidation sites excluding steroid dienone is 2. The molecule has 128 valence electrons. The first-order valence-corrected chi connectivity index (χ1v) is 8.41.